The molecule has 0 atom stereocenters. The number of nitrogens with zero attached hydrogens (tertiary/aromatic N) is 1. The van der Waals surface area contributed by atoms with Gasteiger partial charge in [-0.25, -0.2) is 9.69 Å². The molecule has 0 fully saturated rings. The Morgan fingerprint density at radius 1 is 0.759 bits per heavy atom. The van der Waals surface area contributed by atoms with E-state index < -0.39 is 0 Å². The molecule has 0 bridgehead atoms. The molecule has 0 saturated heterocycles. The van der Waals surface area contributed by atoms with Crippen LogP contribution in [0.5, 0.6) is 0 Å². The Bertz CT molecular complexity index is 1060. The van der Waals surface area contributed by atoms with Gasteiger partial charge in [-0.05, 0) is 61.4 Å². The van der Waals surface area contributed by atoms with E-state index in [9.17, 15) is 14.4 Å². The van der Waals surface area contributed by atoms with Crippen molar-refractivity contribution in [1.82, 2.24) is 0 Å². The van der Waals surface area contributed by atoms with Crippen LogP contribution in [-0.4, -0.2) is 23.9 Å². The van der Waals surface area contributed by atoms with Crippen molar-refractivity contribution < 1.29 is 19.1 Å². The van der Waals surface area contributed by atoms with Gasteiger partial charge < -0.3 is 4.74 Å². The Hall–Kier alpha value is -3.73. The molecule has 4 rings (SSSR count). The number of carbonyl (C=O) groups excluding carboxylic acids is 3. The molecular weight excluding hydrogens is 366 g/mol. The Morgan fingerprint density at radius 3 is 1.72 bits per heavy atom. The third-order valence-electron chi connectivity index (χ3n) is 4.72. The standard InChI is InChI=1S/C24H19NO4/c1-15(2)29-24(28)18-9-7-16(8-10-18)17-11-13-19(14-12-17)25-22(26)20-5-3-4-6-21(20)23(25)27/h3-15H,1-2H3. The molecule has 2 amide bonds. The molecule has 0 unspecified atom stereocenters. The van der Waals surface area contributed by atoms with E-state index in [4.69, 9.17) is 4.74 Å². The topological polar surface area (TPSA) is 63.7 Å². The number of hydrogen-bond donors (Lipinski definition) is 0. The summed E-state index contributed by atoms with van der Waals surface area (Å²) in [6.45, 7) is 3.62. The second-order valence-corrected chi connectivity index (χ2v) is 7.07. The molecule has 29 heavy (non-hydrogen) atoms. The van der Waals surface area contributed by atoms with Crippen molar-refractivity contribution in [3.63, 3.8) is 0 Å². The number of hydrogen-bond acceptors (Lipinski definition) is 4. The highest BCUT2D eigenvalue weighted by Crippen LogP contribution is 2.30. The van der Waals surface area contributed by atoms with Crippen LogP contribution in [-0.2, 0) is 4.74 Å². The summed E-state index contributed by atoms with van der Waals surface area (Å²) in [5, 5.41) is 0. The lowest BCUT2D eigenvalue weighted by atomic mass is 10.0. The zero-order valence-electron chi connectivity index (χ0n) is 16.1. The first-order valence-electron chi connectivity index (χ1n) is 9.35. The van der Waals surface area contributed by atoms with Crippen molar-refractivity contribution in [3.8, 4) is 11.1 Å². The van der Waals surface area contributed by atoms with E-state index in [2.05, 4.69) is 0 Å². The second-order valence-electron chi connectivity index (χ2n) is 7.07. The van der Waals surface area contributed by atoms with Crippen LogP contribution in [0.2, 0.25) is 0 Å². The Kier molecular flexibility index (Phi) is 4.72. The lowest BCUT2D eigenvalue weighted by molar-refractivity contribution is 0.0377. The van der Waals surface area contributed by atoms with Crippen molar-refractivity contribution in [2.75, 3.05) is 4.90 Å². The minimum Gasteiger partial charge on any atom is -0.459 e. The largest absolute Gasteiger partial charge is 0.459 e. The van der Waals surface area contributed by atoms with E-state index >= 15 is 0 Å². The number of esters is 1. The average Bonchev–Trinajstić information content (AvgIpc) is 2.98. The fraction of sp³-hybridized carbons (Fsp3) is 0.125. The number of imide groups is 1. The van der Waals surface area contributed by atoms with Crippen molar-refractivity contribution in [1.29, 1.82) is 0 Å². The van der Waals surface area contributed by atoms with E-state index in [0.29, 0.717) is 22.4 Å². The molecule has 0 spiro atoms. The van der Waals surface area contributed by atoms with Crippen LogP contribution in [0.4, 0.5) is 5.69 Å². The average molecular weight is 385 g/mol. The first kappa shape index (κ1) is 18.6. The SMILES string of the molecule is CC(C)OC(=O)c1ccc(-c2ccc(N3C(=O)c4ccccc4C3=O)cc2)cc1. The highest BCUT2D eigenvalue weighted by Gasteiger charge is 2.36. The first-order valence-corrected chi connectivity index (χ1v) is 9.35. The van der Waals surface area contributed by atoms with Gasteiger partial charge in [0.2, 0.25) is 0 Å². The van der Waals surface area contributed by atoms with Crippen LogP contribution in [0.25, 0.3) is 11.1 Å². The summed E-state index contributed by atoms with van der Waals surface area (Å²) in [6, 6.07) is 21.1. The number of ether oxygens (including phenoxy) is 1. The normalized spacial score (nSPS) is 13.0. The summed E-state index contributed by atoms with van der Waals surface area (Å²) < 4.78 is 5.19. The number of benzene rings is 3. The van der Waals surface area contributed by atoms with Gasteiger partial charge >= 0.3 is 5.97 Å². The molecule has 0 saturated carbocycles. The van der Waals surface area contributed by atoms with E-state index in [-0.39, 0.29) is 23.9 Å². The van der Waals surface area contributed by atoms with Crippen molar-refractivity contribution in [2.24, 2.45) is 0 Å². The fourth-order valence-corrected chi connectivity index (χ4v) is 3.31. The highest BCUT2D eigenvalue weighted by molar-refractivity contribution is 6.34. The van der Waals surface area contributed by atoms with Crippen LogP contribution < -0.4 is 4.90 Å². The molecule has 1 heterocycles. The molecular formula is C24H19NO4. The van der Waals surface area contributed by atoms with Gasteiger partial charge in [0.25, 0.3) is 11.8 Å². The van der Waals surface area contributed by atoms with Gasteiger partial charge in [-0.2, -0.15) is 0 Å². The summed E-state index contributed by atoms with van der Waals surface area (Å²) in [6.07, 6.45) is -0.170. The number of fused-ring (bicyclic) bond motifs is 1. The third kappa shape index (κ3) is 3.43. The maximum absolute atomic E-state index is 12.6. The van der Waals surface area contributed by atoms with Gasteiger partial charge in [-0.3, -0.25) is 9.59 Å². The zero-order valence-corrected chi connectivity index (χ0v) is 16.1. The Labute approximate surface area is 168 Å². The van der Waals surface area contributed by atoms with Crippen LogP contribution in [0.1, 0.15) is 44.9 Å². The lowest BCUT2D eigenvalue weighted by Gasteiger charge is -2.14. The van der Waals surface area contributed by atoms with Gasteiger partial charge in [0.1, 0.15) is 0 Å². The quantitative estimate of drug-likeness (QED) is 0.482. The number of carbonyl (C=O) groups is 3. The fourth-order valence-electron chi connectivity index (χ4n) is 3.31. The molecule has 1 aliphatic heterocycles. The Balaban J connectivity index is 1.55. The summed E-state index contributed by atoms with van der Waals surface area (Å²) in [5.41, 5.74) is 3.69. The van der Waals surface area contributed by atoms with Crippen molar-refractivity contribution >= 4 is 23.5 Å². The Morgan fingerprint density at radius 2 is 1.24 bits per heavy atom. The van der Waals surface area contributed by atoms with Gasteiger partial charge in [0.15, 0.2) is 0 Å². The first-order chi connectivity index (χ1) is 14.0. The van der Waals surface area contributed by atoms with Crippen LogP contribution >= 0.6 is 0 Å². The molecule has 0 aliphatic carbocycles. The minimum absolute atomic E-state index is 0.170. The highest BCUT2D eigenvalue weighted by atomic mass is 16.5. The minimum atomic E-state index is -0.354. The molecule has 1 aliphatic rings. The maximum Gasteiger partial charge on any atom is 0.338 e. The summed E-state index contributed by atoms with van der Waals surface area (Å²) in [4.78, 5) is 38.4. The molecule has 144 valence electrons. The molecule has 5 heteroatoms. The summed E-state index contributed by atoms with van der Waals surface area (Å²) in [7, 11) is 0. The van der Waals surface area contributed by atoms with Gasteiger partial charge in [-0.1, -0.05) is 36.4 Å². The number of amides is 2. The number of anilines is 1. The second kappa shape index (κ2) is 7.36. The molecule has 3 aromatic carbocycles. The molecule has 0 aromatic heterocycles. The van der Waals surface area contributed by atoms with Gasteiger partial charge in [0.05, 0.1) is 28.5 Å². The molecule has 0 N–H and O–H groups in total. The zero-order chi connectivity index (χ0) is 20.5. The van der Waals surface area contributed by atoms with Crippen LogP contribution in [0.3, 0.4) is 0 Å². The maximum atomic E-state index is 12.6. The lowest BCUT2D eigenvalue weighted by Crippen LogP contribution is -2.29. The monoisotopic (exact) mass is 385 g/mol. The van der Waals surface area contributed by atoms with E-state index in [1.807, 2.05) is 38.1 Å². The molecule has 5 nitrogen and oxygen atoms in total. The predicted octanol–water partition coefficient (Wildman–Crippen LogP) is 4.72. The van der Waals surface area contributed by atoms with Crippen LogP contribution in [0, 0.1) is 0 Å². The van der Waals surface area contributed by atoms with Crippen molar-refractivity contribution in [2.45, 2.75) is 20.0 Å². The smallest absolute Gasteiger partial charge is 0.338 e. The van der Waals surface area contributed by atoms with E-state index in [1.165, 1.54) is 4.90 Å². The number of rotatable bonds is 4. The van der Waals surface area contributed by atoms with E-state index in [1.54, 1.807) is 48.5 Å². The van der Waals surface area contributed by atoms with Gasteiger partial charge in [0, 0.05) is 0 Å². The van der Waals surface area contributed by atoms with E-state index in [0.717, 1.165) is 11.1 Å². The van der Waals surface area contributed by atoms with Crippen LogP contribution in [0.15, 0.2) is 72.8 Å². The molecule has 0 radical (unpaired) electrons. The third-order valence-corrected chi connectivity index (χ3v) is 4.72. The van der Waals surface area contributed by atoms with Gasteiger partial charge in [-0.15, -0.1) is 0 Å². The summed E-state index contributed by atoms with van der Waals surface area (Å²) >= 11 is 0. The summed E-state index contributed by atoms with van der Waals surface area (Å²) in [5.74, 6) is -0.981. The van der Waals surface area contributed by atoms with Crippen molar-refractivity contribution in [3.05, 3.63) is 89.5 Å². The molecule has 3 aromatic rings. The predicted molar refractivity (Wildman–Crippen MR) is 110 cm³/mol.